The molecule has 2 heterocycles. The van der Waals surface area contributed by atoms with E-state index in [0.717, 1.165) is 27.5 Å². The highest BCUT2D eigenvalue weighted by Gasteiger charge is 2.45. The smallest absolute Gasteiger partial charge is 0.460 e. The van der Waals surface area contributed by atoms with Gasteiger partial charge < -0.3 is 25.5 Å². The molecule has 1 saturated heterocycles. The lowest BCUT2D eigenvalue weighted by Gasteiger charge is -2.22. The van der Waals surface area contributed by atoms with Gasteiger partial charge in [0.15, 0.2) is 0 Å². The first-order valence-electron chi connectivity index (χ1n) is 13.9. The van der Waals surface area contributed by atoms with Gasteiger partial charge in [-0.2, -0.15) is 13.5 Å². The fraction of sp³-hybridized carbons (Fsp3) is 0.452. The zero-order valence-corrected chi connectivity index (χ0v) is 25.6. The van der Waals surface area contributed by atoms with E-state index in [1.54, 1.807) is 12.4 Å². The van der Waals surface area contributed by atoms with Crippen molar-refractivity contribution < 1.29 is 23.6 Å². The minimum atomic E-state index is -0.689. The molecule has 0 spiro atoms. The molecular formula is C31H42BN3O5S. The van der Waals surface area contributed by atoms with E-state index in [4.69, 9.17) is 25.5 Å². The molecule has 4 rings (SSSR count). The lowest BCUT2D eigenvalue weighted by atomic mass is 9.74. The van der Waals surface area contributed by atoms with E-state index in [2.05, 4.69) is 4.98 Å². The van der Waals surface area contributed by atoms with Crippen LogP contribution in [0, 0.1) is 5.92 Å². The molecule has 10 heteroatoms. The van der Waals surface area contributed by atoms with Crippen LogP contribution in [0.2, 0.25) is 0 Å². The van der Waals surface area contributed by atoms with Crippen molar-refractivity contribution in [3.63, 3.8) is 0 Å². The molecule has 0 radical (unpaired) electrons. The number of ether oxygens (including phenoxy) is 1. The molecule has 220 valence electrons. The maximum atomic E-state index is 13.5. The van der Waals surface area contributed by atoms with Crippen LogP contribution in [0.3, 0.4) is 0 Å². The van der Waals surface area contributed by atoms with Gasteiger partial charge in [-0.15, -0.1) is 0 Å². The molecule has 0 amide bonds. The van der Waals surface area contributed by atoms with Gasteiger partial charge in [0.05, 0.1) is 17.6 Å². The third-order valence-electron chi connectivity index (χ3n) is 7.65. The van der Waals surface area contributed by atoms with Gasteiger partial charge in [0.1, 0.15) is 18.4 Å². The molecule has 3 aromatic rings. The van der Waals surface area contributed by atoms with Gasteiger partial charge in [0.25, 0.3) is 0 Å². The van der Waals surface area contributed by atoms with Gasteiger partial charge in [0.2, 0.25) is 0 Å². The number of hydrogen-bond donors (Lipinski definition) is 2. The second kappa shape index (κ2) is 13.9. The minimum Gasteiger partial charge on any atom is -0.460 e. The predicted molar refractivity (Wildman–Crippen MR) is 167 cm³/mol. The number of benzene rings is 2. The molecule has 3 atom stereocenters. The molecule has 41 heavy (non-hydrogen) atoms. The van der Waals surface area contributed by atoms with Crippen LogP contribution in [0.5, 0.6) is 0 Å². The average molecular weight is 580 g/mol. The summed E-state index contributed by atoms with van der Waals surface area (Å²) in [7, 11) is -0.675. The Morgan fingerprint density at radius 2 is 1.88 bits per heavy atom. The van der Waals surface area contributed by atoms with Gasteiger partial charge in [-0.1, -0.05) is 50.2 Å². The summed E-state index contributed by atoms with van der Waals surface area (Å²) in [4.78, 5) is 30.2. The van der Waals surface area contributed by atoms with Crippen LogP contribution < -0.4 is 16.9 Å². The van der Waals surface area contributed by atoms with Gasteiger partial charge in [-0.25, -0.2) is 0 Å². The third kappa shape index (κ3) is 7.96. The van der Waals surface area contributed by atoms with Crippen LogP contribution in [-0.2, 0) is 36.7 Å². The Morgan fingerprint density at radius 3 is 2.54 bits per heavy atom. The van der Waals surface area contributed by atoms with Crippen molar-refractivity contribution in [2.24, 2.45) is 17.4 Å². The number of carbonyl (C=O) groups excluding carboxylic acids is 2. The highest BCUT2D eigenvalue weighted by molar-refractivity contribution is 7.59. The van der Waals surface area contributed by atoms with Gasteiger partial charge in [-0.3, -0.25) is 14.6 Å². The number of hydrogen-bond acceptors (Lipinski definition) is 8. The standard InChI is InChI=1S/C31H40BN3O5.H2S/c1-19(2)12-28(34)30(37)38-18-25-9-8-23(15-27(25)32-39-20(3)31(4,5)40-32)26(16-33)29(36)14-21-6-7-24-17-35-11-10-22(24)13-21;/h6-11,13,15,17,19-20,26,28H,12,14,16,18,33-34H2,1-5H3;1H2/t20?,26?,28-;/m0./s1. The number of esters is 1. The molecule has 0 saturated carbocycles. The summed E-state index contributed by atoms with van der Waals surface area (Å²) in [6, 6.07) is 12.8. The molecular weight excluding hydrogens is 537 g/mol. The molecule has 1 aromatic heterocycles. The first kappa shape index (κ1) is 32.8. The number of nitrogens with zero attached hydrogens (tertiary/aromatic N) is 1. The van der Waals surface area contributed by atoms with Crippen molar-refractivity contribution in [1.29, 1.82) is 0 Å². The first-order valence-corrected chi connectivity index (χ1v) is 13.9. The number of aromatic nitrogens is 1. The molecule has 1 fully saturated rings. The zero-order valence-electron chi connectivity index (χ0n) is 24.6. The summed E-state index contributed by atoms with van der Waals surface area (Å²) in [5, 5.41) is 2.06. The maximum absolute atomic E-state index is 13.5. The minimum absolute atomic E-state index is 0. The number of nitrogens with two attached hydrogens (primary N) is 2. The van der Waals surface area contributed by atoms with Crippen LogP contribution in [0.4, 0.5) is 0 Å². The van der Waals surface area contributed by atoms with E-state index in [-0.39, 0.29) is 50.9 Å². The number of ketones is 1. The largest absolute Gasteiger partial charge is 0.495 e. The summed E-state index contributed by atoms with van der Waals surface area (Å²) < 4.78 is 18.0. The fourth-order valence-electron chi connectivity index (χ4n) is 4.95. The van der Waals surface area contributed by atoms with Gasteiger partial charge in [-0.05, 0) is 66.7 Å². The summed E-state index contributed by atoms with van der Waals surface area (Å²) in [6.45, 7) is 10.1. The Kier molecular flexibility index (Phi) is 11.1. The van der Waals surface area contributed by atoms with Crippen molar-refractivity contribution in [3.8, 4) is 0 Å². The molecule has 1 aliphatic rings. The molecule has 2 aromatic carbocycles. The number of fused-ring (bicyclic) bond motifs is 1. The van der Waals surface area contributed by atoms with Crippen molar-refractivity contribution in [2.45, 2.75) is 77.7 Å². The zero-order chi connectivity index (χ0) is 29.0. The quantitative estimate of drug-likeness (QED) is 0.261. The Hall–Kier alpha value is -2.76. The second-order valence-electron chi connectivity index (χ2n) is 11.6. The van der Waals surface area contributed by atoms with E-state index < -0.39 is 30.6 Å². The molecule has 0 bridgehead atoms. The first-order chi connectivity index (χ1) is 19.0. The summed E-state index contributed by atoms with van der Waals surface area (Å²) >= 11 is 0. The number of pyridine rings is 1. The highest BCUT2D eigenvalue weighted by atomic mass is 32.1. The van der Waals surface area contributed by atoms with E-state index in [0.29, 0.717) is 11.9 Å². The molecule has 8 nitrogen and oxygen atoms in total. The second-order valence-corrected chi connectivity index (χ2v) is 11.6. The molecule has 0 aliphatic carbocycles. The third-order valence-corrected chi connectivity index (χ3v) is 7.65. The molecule has 1 aliphatic heterocycles. The number of rotatable bonds is 11. The normalized spacial score (nSPS) is 17.8. The fourth-order valence-corrected chi connectivity index (χ4v) is 4.95. The number of Topliss-reactive ketones (excluding diaryl/α,β-unsaturated/α-hetero) is 1. The van der Waals surface area contributed by atoms with E-state index in [1.807, 2.05) is 77.1 Å². The predicted octanol–water partition coefficient (Wildman–Crippen LogP) is 3.53. The monoisotopic (exact) mass is 579 g/mol. The van der Waals surface area contributed by atoms with E-state index in [9.17, 15) is 9.59 Å². The highest BCUT2D eigenvalue weighted by Crippen LogP contribution is 2.28. The van der Waals surface area contributed by atoms with Gasteiger partial charge >= 0.3 is 13.1 Å². The summed E-state index contributed by atoms with van der Waals surface area (Å²) in [5.41, 5.74) is 14.8. The Labute approximate surface area is 250 Å². The maximum Gasteiger partial charge on any atom is 0.495 e. The van der Waals surface area contributed by atoms with Crippen molar-refractivity contribution in [1.82, 2.24) is 4.98 Å². The van der Waals surface area contributed by atoms with Crippen LogP contribution in [0.15, 0.2) is 54.9 Å². The number of carbonyl (C=O) groups is 2. The van der Waals surface area contributed by atoms with Crippen LogP contribution in [0.25, 0.3) is 10.8 Å². The van der Waals surface area contributed by atoms with Gasteiger partial charge in [0, 0.05) is 30.7 Å². The molecule has 4 N–H and O–H groups in total. The lowest BCUT2D eigenvalue weighted by Crippen LogP contribution is -2.39. The summed E-state index contributed by atoms with van der Waals surface area (Å²) in [5.74, 6) is -0.678. The summed E-state index contributed by atoms with van der Waals surface area (Å²) in [6.07, 6.45) is 4.18. The van der Waals surface area contributed by atoms with Crippen LogP contribution in [-0.4, -0.2) is 48.1 Å². The van der Waals surface area contributed by atoms with Crippen molar-refractivity contribution in [2.75, 3.05) is 6.54 Å². The van der Waals surface area contributed by atoms with E-state index >= 15 is 0 Å². The van der Waals surface area contributed by atoms with Crippen molar-refractivity contribution >= 4 is 48.6 Å². The average Bonchev–Trinajstić information content (AvgIpc) is 3.19. The van der Waals surface area contributed by atoms with E-state index in [1.165, 1.54) is 0 Å². The Morgan fingerprint density at radius 1 is 1.12 bits per heavy atom. The van der Waals surface area contributed by atoms with Crippen molar-refractivity contribution in [3.05, 3.63) is 71.5 Å². The van der Waals surface area contributed by atoms with Crippen LogP contribution in [0.1, 0.15) is 63.6 Å². The van der Waals surface area contributed by atoms with Crippen LogP contribution >= 0.6 is 13.5 Å². The Bertz CT molecular complexity index is 1370. The Balaban J connectivity index is 0.00000462. The molecule has 2 unspecified atom stereocenters. The lowest BCUT2D eigenvalue weighted by molar-refractivity contribution is -0.146. The SMILES string of the molecule is CC(C)C[C@H](N)C(=O)OCc1ccc(C(CN)C(=O)Cc2ccc3cnccc3c2)cc1B1OC(C)C(C)(C)O1.S. The topological polar surface area (TPSA) is 127 Å².